The maximum atomic E-state index is 13.0. The lowest BCUT2D eigenvalue weighted by Gasteiger charge is -2.20. The molecule has 3 aromatic rings. The van der Waals surface area contributed by atoms with Crippen molar-refractivity contribution in [2.45, 2.75) is 45.4 Å². The molecule has 3 aromatic heterocycles. The number of nitrogens with zero attached hydrogens (tertiary/aromatic N) is 6. The first-order chi connectivity index (χ1) is 16.0. The molecule has 1 saturated heterocycles. The lowest BCUT2D eigenvalue weighted by atomic mass is 10.2. The van der Waals surface area contributed by atoms with Crippen molar-refractivity contribution in [1.82, 2.24) is 29.6 Å². The summed E-state index contributed by atoms with van der Waals surface area (Å²) in [6.45, 7) is 4.47. The van der Waals surface area contributed by atoms with Gasteiger partial charge in [0.05, 0.1) is 36.8 Å². The average molecular weight is 448 g/mol. The van der Waals surface area contributed by atoms with Gasteiger partial charge >= 0.3 is 0 Å². The summed E-state index contributed by atoms with van der Waals surface area (Å²) in [6, 6.07) is 4.07. The van der Waals surface area contributed by atoms with Crippen molar-refractivity contribution >= 4 is 11.7 Å². The predicted octanol–water partition coefficient (Wildman–Crippen LogP) is 1.73. The second-order valence-electron chi connectivity index (χ2n) is 9.67. The van der Waals surface area contributed by atoms with Gasteiger partial charge in [-0.25, -0.2) is 9.97 Å². The van der Waals surface area contributed by atoms with Crippen LogP contribution in [0.5, 0.6) is 0 Å². The minimum Gasteiger partial charge on any atom is -0.390 e. The van der Waals surface area contributed by atoms with Gasteiger partial charge in [0.25, 0.3) is 5.91 Å². The predicted molar refractivity (Wildman–Crippen MR) is 122 cm³/mol. The van der Waals surface area contributed by atoms with E-state index < -0.39 is 0 Å². The molecule has 0 radical (unpaired) electrons. The molecule has 1 amide bonds. The Bertz CT molecular complexity index is 1220. The number of imidazole rings is 1. The summed E-state index contributed by atoms with van der Waals surface area (Å²) >= 11 is 0. The van der Waals surface area contributed by atoms with Crippen molar-refractivity contribution in [3.8, 4) is 0 Å². The summed E-state index contributed by atoms with van der Waals surface area (Å²) in [6.07, 6.45) is 6.60. The van der Waals surface area contributed by atoms with Crippen molar-refractivity contribution in [1.29, 1.82) is 0 Å². The number of piperidine rings is 1. The van der Waals surface area contributed by atoms with Gasteiger partial charge in [-0.05, 0) is 49.7 Å². The zero-order chi connectivity index (χ0) is 22.7. The van der Waals surface area contributed by atoms with Gasteiger partial charge in [-0.1, -0.05) is 6.07 Å². The Kier molecular flexibility index (Phi) is 4.76. The molecule has 1 saturated carbocycles. The molecular weight excluding hydrogens is 418 g/mol. The van der Waals surface area contributed by atoms with Gasteiger partial charge < -0.3 is 19.9 Å². The number of carbonyl (C=O) groups excluding carboxylic acids is 1. The lowest BCUT2D eigenvalue weighted by molar-refractivity contribution is 0.0933. The van der Waals surface area contributed by atoms with Crippen LogP contribution in [0.1, 0.15) is 57.6 Å². The van der Waals surface area contributed by atoms with Crippen molar-refractivity contribution in [3.05, 3.63) is 58.6 Å². The van der Waals surface area contributed by atoms with E-state index in [1.807, 2.05) is 18.5 Å². The van der Waals surface area contributed by atoms with E-state index in [1.165, 1.54) is 6.42 Å². The first-order valence-electron chi connectivity index (χ1n) is 11.7. The van der Waals surface area contributed by atoms with E-state index >= 15 is 0 Å². The highest BCUT2D eigenvalue weighted by Gasteiger charge is 2.45. The van der Waals surface area contributed by atoms with E-state index in [1.54, 1.807) is 17.2 Å². The number of amides is 1. The molecule has 3 aliphatic rings. The Morgan fingerprint density at radius 1 is 1.27 bits per heavy atom. The van der Waals surface area contributed by atoms with Crippen LogP contribution in [0.4, 0.5) is 5.82 Å². The summed E-state index contributed by atoms with van der Waals surface area (Å²) in [5.41, 5.74) is 4.90. The number of fused-ring (bicyclic) bond motifs is 2. The smallest absolute Gasteiger partial charge is 0.255 e. The molecule has 172 valence electrons. The lowest BCUT2D eigenvalue weighted by Crippen LogP contribution is -2.28. The number of aliphatic hydroxyl groups excluding tert-OH is 1. The van der Waals surface area contributed by atoms with Crippen LogP contribution in [0, 0.1) is 18.8 Å². The Hall–Kier alpha value is -3.20. The molecule has 2 unspecified atom stereocenters. The third kappa shape index (κ3) is 3.60. The maximum Gasteiger partial charge on any atom is 0.255 e. The standard InChI is InChI=1S/C24H29N7O2/c1-14-15(3-6-22(26-14)30-8-16-7-17(16)9-30)10-31-11-18(20(12-32)28-31)24(33)27-19-4-5-21-23(19)25-13-29(21)2/h3,6,11,13,16-17,19,32H,4-5,7-10,12H2,1-2H3,(H,27,33)/t16?,17?,19-/m1/s1. The number of carbonyl (C=O) groups is 1. The van der Waals surface area contributed by atoms with Gasteiger partial charge in [0.15, 0.2) is 0 Å². The van der Waals surface area contributed by atoms with E-state index in [0.717, 1.165) is 66.2 Å². The van der Waals surface area contributed by atoms with Crippen LogP contribution in [0.25, 0.3) is 0 Å². The number of hydrogen-bond acceptors (Lipinski definition) is 6. The Balaban J connectivity index is 1.17. The highest BCUT2D eigenvalue weighted by Crippen LogP contribution is 2.46. The first kappa shape index (κ1) is 20.4. The summed E-state index contributed by atoms with van der Waals surface area (Å²) in [5, 5.41) is 17.4. The van der Waals surface area contributed by atoms with Crippen LogP contribution in [-0.4, -0.2) is 48.4 Å². The van der Waals surface area contributed by atoms with Crippen molar-refractivity contribution in [2.24, 2.45) is 18.9 Å². The Morgan fingerprint density at radius 2 is 2.09 bits per heavy atom. The molecule has 33 heavy (non-hydrogen) atoms. The number of aliphatic hydroxyl groups is 1. The number of hydrogen-bond donors (Lipinski definition) is 2. The molecule has 2 fully saturated rings. The molecule has 2 N–H and O–H groups in total. The zero-order valence-corrected chi connectivity index (χ0v) is 19.0. The van der Waals surface area contributed by atoms with Crippen LogP contribution in [0.3, 0.4) is 0 Å². The van der Waals surface area contributed by atoms with E-state index in [-0.39, 0.29) is 18.6 Å². The summed E-state index contributed by atoms with van der Waals surface area (Å²) in [5.74, 6) is 2.55. The number of pyridine rings is 1. The number of rotatable bonds is 6. The van der Waals surface area contributed by atoms with Crippen LogP contribution in [0.15, 0.2) is 24.7 Å². The fraction of sp³-hybridized carbons (Fsp3) is 0.500. The quantitative estimate of drug-likeness (QED) is 0.597. The Labute approximate surface area is 192 Å². The molecule has 3 atom stereocenters. The molecule has 9 heteroatoms. The van der Waals surface area contributed by atoms with E-state index in [0.29, 0.717) is 17.8 Å². The zero-order valence-electron chi connectivity index (χ0n) is 19.0. The minimum absolute atomic E-state index is 0.112. The molecule has 4 heterocycles. The number of aryl methyl sites for hydroxylation is 2. The average Bonchev–Trinajstić information content (AvgIpc) is 3.23. The normalized spacial score (nSPS) is 23.0. The fourth-order valence-electron chi connectivity index (χ4n) is 5.39. The van der Waals surface area contributed by atoms with Gasteiger partial charge in [0.2, 0.25) is 0 Å². The van der Waals surface area contributed by atoms with Crippen LogP contribution < -0.4 is 10.2 Å². The molecule has 9 nitrogen and oxygen atoms in total. The van der Waals surface area contributed by atoms with Crippen LogP contribution >= 0.6 is 0 Å². The van der Waals surface area contributed by atoms with Crippen LogP contribution in [-0.2, 0) is 26.6 Å². The molecule has 2 aliphatic carbocycles. The Morgan fingerprint density at radius 3 is 2.85 bits per heavy atom. The topological polar surface area (TPSA) is 101 Å². The third-order valence-corrected chi connectivity index (χ3v) is 7.44. The maximum absolute atomic E-state index is 13.0. The van der Waals surface area contributed by atoms with Crippen molar-refractivity contribution in [3.63, 3.8) is 0 Å². The second-order valence-corrected chi connectivity index (χ2v) is 9.67. The third-order valence-electron chi connectivity index (χ3n) is 7.44. The molecule has 0 aromatic carbocycles. The number of anilines is 1. The first-order valence-corrected chi connectivity index (χ1v) is 11.7. The van der Waals surface area contributed by atoms with Gasteiger partial charge in [0, 0.05) is 37.7 Å². The molecule has 1 aliphatic heterocycles. The fourth-order valence-corrected chi connectivity index (χ4v) is 5.39. The van der Waals surface area contributed by atoms with E-state index in [4.69, 9.17) is 4.98 Å². The van der Waals surface area contributed by atoms with Gasteiger partial charge in [-0.2, -0.15) is 5.10 Å². The number of aromatic nitrogens is 5. The SMILES string of the molecule is Cc1nc(N2CC3CC3C2)ccc1Cn1cc(C(=O)N[C@@H]2CCc3c2ncn3C)c(CO)n1. The van der Waals surface area contributed by atoms with Crippen molar-refractivity contribution < 1.29 is 9.90 Å². The number of nitrogens with one attached hydrogen (secondary N) is 1. The minimum atomic E-state index is -0.289. The molecule has 6 rings (SSSR count). The summed E-state index contributed by atoms with van der Waals surface area (Å²) < 4.78 is 3.72. The molecular formula is C24H29N7O2. The van der Waals surface area contributed by atoms with Gasteiger partial charge in [-0.15, -0.1) is 0 Å². The van der Waals surface area contributed by atoms with Gasteiger partial charge in [-0.3, -0.25) is 9.48 Å². The second kappa shape index (κ2) is 7.69. The summed E-state index contributed by atoms with van der Waals surface area (Å²) in [7, 11) is 1.97. The van der Waals surface area contributed by atoms with Crippen molar-refractivity contribution in [2.75, 3.05) is 18.0 Å². The molecule has 0 spiro atoms. The van der Waals surface area contributed by atoms with Crippen LogP contribution in [0.2, 0.25) is 0 Å². The summed E-state index contributed by atoms with van der Waals surface area (Å²) in [4.78, 5) is 24.7. The van der Waals surface area contributed by atoms with E-state index in [2.05, 4.69) is 32.4 Å². The molecule has 0 bridgehead atoms. The van der Waals surface area contributed by atoms with Gasteiger partial charge in [0.1, 0.15) is 11.5 Å². The van der Waals surface area contributed by atoms with E-state index in [9.17, 15) is 9.90 Å². The largest absolute Gasteiger partial charge is 0.390 e. The monoisotopic (exact) mass is 447 g/mol. The highest BCUT2D eigenvalue weighted by molar-refractivity contribution is 5.95. The highest BCUT2D eigenvalue weighted by atomic mass is 16.3.